The van der Waals surface area contributed by atoms with Crippen LogP contribution in [0.15, 0.2) is 55.0 Å². The lowest BCUT2D eigenvalue weighted by molar-refractivity contribution is 0.626. The third kappa shape index (κ3) is 4.02. The Hall–Kier alpha value is -2.53. The van der Waals surface area contributed by atoms with Crippen LogP contribution in [-0.2, 0) is 20.0 Å². The summed E-state index contributed by atoms with van der Waals surface area (Å²) < 4.78 is 14.7. The van der Waals surface area contributed by atoms with Crippen LogP contribution >= 0.6 is 0 Å². The Balaban J connectivity index is 1.59. The van der Waals surface area contributed by atoms with Gasteiger partial charge in [-0.2, -0.15) is 5.10 Å². The fraction of sp³-hybridized carbons (Fsp3) is 0.222. The largest absolute Gasteiger partial charge is 0.312 e. The van der Waals surface area contributed by atoms with Crippen molar-refractivity contribution in [2.45, 2.75) is 13.0 Å². The number of aromatic nitrogens is 3. The smallest absolute Gasteiger partial charge is 0.123 e. The summed E-state index contributed by atoms with van der Waals surface area (Å²) in [6.07, 6.45) is 6.47. The summed E-state index contributed by atoms with van der Waals surface area (Å²) in [7, 11) is 1.92. The van der Waals surface area contributed by atoms with Gasteiger partial charge in [0.2, 0.25) is 0 Å². The average molecular weight is 310 g/mol. The molecule has 1 aromatic carbocycles. The molecule has 5 heteroatoms. The molecule has 0 fully saturated rings. The van der Waals surface area contributed by atoms with Crippen LogP contribution in [0, 0.1) is 5.82 Å². The van der Waals surface area contributed by atoms with E-state index in [0.29, 0.717) is 0 Å². The van der Waals surface area contributed by atoms with Crippen molar-refractivity contribution in [1.29, 1.82) is 0 Å². The highest BCUT2D eigenvalue weighted by Gasteiger charge is 2.09. The van der Waals surface area contributed by atoms with E-state index >= 15 is 0 Å². The van der Waals surface area contributed by atoms with Crippen molar-refractivity contribution in [2.24, 2.45) is 7.05 Å². The van der Waals surface area contributed by atoms with Gasteiger partial charge in [0.15, 0.2) is 0 Å². The van der Waals surface area contributed by atoms with Crippen molar-refractivity contribution in [3.8, 4) is 11.3 Å². The molecule has 0 aliphatic heterocycles. The minimum atomic E-state index is -0.196. The van der Waals surface area contributed by atoms with Crippen molar-refractivity contribution >= 4 is 0 Å². The molecule has 0 bridgehead atoms. The Morgan fingerprint density at radius 3 is 2.74 bits per heavy atom. The highest BCUT2D eigenvalue weighted by atomic mass is 19.1. The van der Waals surface area contributed by atoms with Gasteiger partial charge in [-0.15, -0.1) is 0 Å². The van der Waals surface area contributed by atoms with E-state index < -0.39 is 0 Å². The summed E-state index contributed by atoms with van der Waals surface area (Å²) in [4.78, 5) is 4.15. The standard InChI is InChI=1S/C18H19FN4/c1-23-13-16(18(22-23)15-3-2-9-20-11-15)12-21-10-8-14-4-6-17(19)7-5-14/h2-7,9,11,13,21H,8,10,12H2,1H3. The molecular weight excluding hydrogens is 291 g/mol. The molecule has 2 heterocycles. The van der Waals surface area contributed by atoms with Gasteiger partial charge in [-0.3, -0.25) is 9.67 Å². The number of hydrogen-bond acceptors (Lipinski definition) is 3. The van der Waals surface area contributed by atoms with Gasteiger partial charge >= 0.3 is 0 Å². The lowest BCUT2D eigenvalue weighted by Crippen LogP contribution is -2.16. The minimum Gasteiger partial charge on any atom is -0.312 e. The predicted octanol–water partition coefficient (Wildman–Crippen LogP) is 2.95. The summed E-state index contributed by atoms with van der Waals surface area (Å²) in [5.41, 5.74) is 4.23. The fourth-order valence-electron chi connectivity index (χ4n) is 2.52. The predicted molar refractivity (Wildman–Crippen MR) is 88.2 cm³/mol. The summed E-state index contributed by atoms with van der Waals surface area (Å²) >= 11 is 0. The maximum absolute atomic E-state index is 12.9. The van der Waals surface area contributed by atoms with Gasteiger partial charge in [-0.1, -0.05) is 12.1 Å². The molecule has 0 radical (unpaired) electrons. The van der Waals surface area contributed by atoms with E-state index in [2.05, 4.69) is 15.4 Å². The van der Waals surface area contributed by atoms with E-state index in [-0.39, 0.29) is 5.82 Å². The van der Waals surface area contributed by atoms with Crippen molar-refractivity contribution in [3.05, 3.63) is 71.9 Å². The van der Waals surface area contributed by atoms with E-state index in [0.717, 1.165) is 41.9 Å². The number of hydrogen-bond donors (Lipinski definition) is 1. The molecule has 3 aromatic rings. The van der Waals surface area contributed by atoms with Crippen LogP contribution in [0.5, 0.6) is 0 Å². The van der Waals surface area contributed by atoms with Crippen LogP contribution in [-0.4, -0.2) is 21.3 Å². The Kier molecular flexibility index (Phi) is 4.78. The van der Waals surface area contributed by atoms with Gasteiger partial charge in [-0.05, 0) is 42.8 Å². The van der Waals surface area contributed by atoms with Gasteiger partial charge in [-0.25, -0.2) is 4.39 Å². The molecule has 3 rings (SSSR count). The monoisotopic (exact) mass is 310 g/mol. The Morgan fingerprint density at radius 2 is 2.00 bits per heavy atom. The molecule has 23 heavy (non-hydrogen) atoms. The van der Waals surface area contributed by atoms with Crippen LogP contribution in [0.1, 0.15) is 11.1 Å². The van der Waals surface area contributed by atoms with Crippen LogP contribution in [0.2, 0.25) is 0 Å². The van der Waals surface area contributed by atoms with Crippen LogP contribution < -0.4 is 5.32 Å². The van der Waals surface area contributed by atoms with E-state index in [1.54, 1.807) is 6.20 Å². The van der Waals surface area contributed by atoms with Crippen LogP contribution in [0.25, 0.3) is 11.3 Å². The molecule has 0 saturated carbocycles. The lowest BCUT2D eigenvalue weighted by atomic mass is 10.1. The molecule has 1 N–H and O–H groups in total. The van der Waals surface area contributed by atoms with E-state index in [9.17, 15) is 4.39 Å². The number of nitrogens with zero attached hydrogens (tertiary/aromatic N) is 3. The topological polar surface area (TPSA) is 42.7 Å². The maximum Gasteiger partial charge on any atom is 0.123 e. The summed E-state index contributed by atoms with van der Waals surface area (Å²) in [6, 6.07) is 10.6. The second kappa shape index (κ2) is 7.15. The van der Waals surface area contributed by atoms with Crippen molar-refractivity contribution in [2.75, 3.05) is 6.54 Å². The third-order valence-electron chi connectivity index (χ3n) is 3.66. The van der Waals surface area contributed by atoms with Crippen molar-refractivity contribution in [1.82, 2.24) is 20.1 Å². The zero-order valence-electron chi connectivity index (χ0n) is 13.0. The van der Waals surface area contributed by atoms with E-state index in [1.165, 1.54) is 12.1 Å². The van der Waals surface area contributed by atoms with Crippen molar-refractivity contribution < 1.29 is 4.39 Å². The fourth-order valence-corrected chi connectivity index (χ4v) is 2.52. The quantitative estimate of drug-likeness (QED) is 0.712. The number of benzene rings is 1. The van der Waals surface area contributed by atoms with Gasteiger partial charge in [0.1, 0.15) is 5.82 Å². The van der Waals surface area contributed by atoms with Crippen molar-refractivity contribution in [3.63, 3.8) is 0 Å². The van der Waals surface area contributed by atoms with Crippen LogP contribution in [0.3, 0.4) is 0 Å². The molecule has 0 unspecified atom stereocenters. The highest BCUT2D eigenvalue weighted by Crippen LogP contribution is 2.20. The molecule has 4 nitrogen and oxygen atoms in total. The second-order valence-electron chi connectivity index (χ2n) is 5.47. The number of halogens is 1. The molecule has 0 aliphatic rings. The first-order chi connectivity index (χ1) is 11.2. The number of nitrogens with one attached hydrogen (secondary N) is 1. The molecular formula is C18H19FN4. The molecule has 0 spiro atoms. The Labute approximate surface area is 135 Å². The third-order valence-corrected chi connectivity index (χ3v) is 3.66. The molecule has 118 valence electrons. The first-order valence-corrected chi connectivity index (χ1v) is 7.60. The minimum absolute atomic E-state index is 0.196. The van der Waals surface area contributed by atoms with Gasteiger partial charge in [0, 0.05) is 43.3 Å². The first kappa shape index (κ1) is 15.4. The zero-order valence-corrected chi connectivity index (χ0v) is 13.0. The lowest BCUT2D eigenvalue weighted by Gasteiger charge is -2.05. The first-order valence-electron chi connectivity index (χ1n) is 7.60. The molecule has 0 atom stereocenters. The van der Waals surface area contributed by atoms with Gasteiger partial charge in [0.25, 0.3) is 0 Å². The Morgan fingerprint density at radius 1 is 1.17 bits per heavy atom. The van der Waals surface area contributed by atoms with E-state index in [1.807, 2.05) is 48.4 Å². The highest BCUT2D eigenvalue weighted by molar-refractivity contribution is 5.61. The maximum atomic E-state index is 12.9. The molecule has 0 aliphatic carbocycles. The molecule has 2 aromatic heterocycles. The van der Waals surface area contributed by atoms with Gasteiger partial charge < -0.3 is 5.32 Å². The normalized spacial score (nSPS) is 10.9. The van der Waals surface area contributed by atoms with Gasteiger partial charge in [0.05, 0.1) is 5.69 Å². The summed E-state index contributed by atoms with van der Waals surface area (Å²) in [5, 5.41) is 7.94. The number of pyridine rings is 1. The number of aryl methyl sites for hydroxylation is 1. The second-order valence-corrected chi connectivity index (χ2v) is 5.47. The van der Waals surface area contributed by atoms with Crippen LogP contribution in [0.4, 0.5) is 4.39 Å². The number of rotatable bonds is 6. The zero-order chi connectivity index (χ0) is 16.1. The average Bonchev–Trinajstić information content (AvgIpc) is 2.95. The SMILES string of the molecule is Cn1cc(CNCCc2ccc(F)cc2)c(-c2cccnc2)n1. The summed E-state index contributed by atoms with van der Waals surface area (Å²) in [6.45, 7) is 1.56. The van der Waals surface area contributed by atoms with E-state index in [4.69, 9.17) is 0 Å². The molecule has 0 amide bonds. The Bertz CT molecular complexity index is 750. The summed E-state index contributed by atoms with van der Waals surface area (Å²) in [5.74, 6) is -0.196. The molecule has 0 saturated heterocycles.